The standard InChI is InChI=1S/C20H14FN3O2S2/c21-15-9-5-4-8-14(15)16-10-11-17(26-16)18(25)22-19-23-24-20(28-19)27-12-13-6-2-1-3-7-13/h1-11H,12H2,(H,22,23,25). The van der Waals surface area contributed by atoms with E-state index in [2.05, 4.69) is 15.5 Å². The number of carbonyl (C=O) groups is 1. The number of carbonyl (C=O) groups excluding carboxylic acids is 1. The zero-order chi connectivity index (χ0) is 19.3. The molecule has 0 atom stereocenters. The molecule has 8 heteroatoms. The molecule has 0 aliphatic rings. The third-order valence-corrected chi connectivity index (χ3v) is 5.84. The van der Waals surface area contributed by atoms with Crippen LogP contribution < -0.4 is 5.32 Å². The Kier molecular flexibility index (Phi) is 5.50. The van der Waals surface area contributed by atoms with E-state index in [-0.39, 0.29) is 5.76 Å². The van der Waals surface area contributed by atoms with Gasteiger partial charge in [0.2, 0.25) is 5.13 Å². The van der Waals surface area contributed by atoms with Gasteiger partial charge in [-0.15, -0.1) is 10.2 Å². The monoisotopic (exact) mass is 411 g/mol. The molecule has 2 aromatic heterocycles. The molecule has 1 amide bonds. The summed E-state index contributed by atoms with van der Waals surface area (Å²) in [6, 6.07) is 19.3. The molecule has 0 saturated heterocycles. The van der Waals surface area contributed by atoms with E-state index < -0.39 is 11.7 Å². The van der Waals surface area contributed by atoms with E-state index in [1.54, 1.807) is 36.0 Å². The number of hydrogen-bond donors (Lipinski definition) is 1. The largest absolute Gasteiger partial charge is 0.451 e. The van der Waals surface area contributed by atoms with E-state index in [0.717, 1.165) is 10.1 Å². The van der Waals surface area contributed by atoms with Gasteiger partial charge >= 0.3 is 0 Å². The lowest BCUT2D eigenvalue weighted by atomic mass is 10.1. The van der Waals surface area contributed by atoms with E-state index in [0.29, 0.717) is 16.5 Å². The first kappa shape index (κ1) is 18.4. The molecule has 0 bridgehead atoms. The molecule has 0 unspecified atom stereocenters. The molecule has 0 aliphatic carbocycles. The van der Waals surface area contributed by atoms with Crippen molar-refractivity contribution in [2.45, 2.75) is 10.1 Å². The molecule has 4 rings (SSSR count). The van der Waals surface area contributed by atoms with Crippen LogP contribution in [0.3, 0.4) is 0 Å². The van der Waals surface area contributed by atoms with Crippen LogP contribution in [0.1, 0.15) is 16.1 Å². The molecular weight excluding hydrogens is 397 g/mol. The molecule has 2 heterocycles. The van der Waals surface area contributed by atoms with Crippen molar-refractivity contribution in [3.8, 4) is 11.3 Å². The molecule has 2 aromatic carbocycles. The van der Waals surface area contributed by atoms with Gasteiger partial charge in [0.05, 0.1) is 5.56 Å². The first-order valence-electron chi connectivity index (χ1n) is 8.35. The SMILES string of the molecule is O=C(Nc1nnc(SCc2ccccc2)s1)c1ccc(-c2ccccc2F)o1. The summed E-state index contributed by atoms with van der Waals surface area (Å²) < 4.78 is 20.1. The van der Waals surface area contributed by atoms with Gasteiger partial charge in [-0.2, -0.15) is 0 Å². The number of benzene rings is 2. The number of rotatable bonds is 6. The average Bonchev–Trinajstić information content (AvgIpc) is 3.37. The number of nitrogens with zero attached hydrogens (tertiary/aromatic N) is 2. The van der Waals surface area contributed by atoms with Crippen molar-refractivity contribution >= 4 is 34.1 Å². The molecule has 28 heavy (non-hydrogen) atoms. The van der Waals surface area contributed by atoms with Crippen molar-refractivity contribution in [1.29, 1.82) is 0 Å². The lowest BCUT2D eigenvalue weighted by molar-refractivity contribution is 0.0997. The van der Waals surface area contributed by atoms with Gasteiger partial charge in [0, 0.05) is 5.75 Å². The van der Waals surface area contributed by atoms with Crippen molar-refractivity contribution in [3.63, 3.8) is 0 Å². The second-order valence-corrected chi connectivity index (χ2v) is 7.95. The van der Waals surface area contributed by atoms with Gasteiger partial charge in [0.1, 0.15) is 11.6 Å². The summed E-state index contributed by atoms with van der Waals surface area (Å²) >= 11 is 2.84. The smallest absolute Gasteiger partial charge is 0.293 e. The normalized spacial score (nSPS) is 10.8. The lowest BCUT2D eigenvalue weighted by Gasteiger charge is -1.99. The Hall–Kier alpha value is -2.97. The first-order valence-corrected chi connectivity index (χ1v) is 10.2. The third kappa shape index (κ3) is 4.29. The van der Waals surface area contributed by atoms with Crippen LogP contribution in [0.4, 0.5) is 9.52 Å². The number of aromatic nitrogens is 2. The van der Waals surface area contributed by atoms with E-state index in [1.807, 2.05) is 30.3 Å². The maximum atomic E-state index is 13.9. The van der Waals surface area contributed by atoms with Crippen LogP contribution in [-0.4, -0.2) is 16.1 Å². The molecule has 5 nitrogen and oxygen atoms in total. The Morgan fingerprint density at radius 3 is 2.64 bits per heavy atom. The molecule has 0 spiro atoms. The summed E-state index contributed by atoms with van der Waals surface area (Å²) in [6.45, 7) is 0. The van der Waals surface area contributed by atoms with Crippen LogP contribution in [-0.2, 0) is 5.75 Å². The molecule has 0 aliphatic heterocycles. The summed E-state index contributed by atoms with van der Waals surface area (Å²) in [5.41, 5.74) is 1.49. The zero-order valence-corrected chi connectivity index (χ0v) is 16.1. The minimum absolute atomic E-state index is 0.0759. The second-order valence-electron chi connectivity index (χ2n) is 5.75. The third-order valence-electron chi connectivity index (χ3n) is 3.80. The Labute approximate surface area is 168 Å². The van der Waals surface area contributed by atoms with Crippen LogP contribution in [0, 0.1) is 5.82 Å². The highest BCUT2D eigenvalue weighted by atomic mass is 32.2. The van der Waals surface area contributed by atoms with Gasteiger partial charge in [-0.25, -0.2) is 4.39 Å². The van der Waals surface area contributed by atoms with Crippen LogP contribution in [0.5, 0.6) is 0 Å². The number of hydrogen-bond acceptors (Lipinski definition) is 6. The maximum absolute atomic E-state index is 13.9. The van der Waals surface area contributed by atoms with Gasteiger partial charge in [0.25, 0.3) is 5.91 Å². The van der Waals surface area contributed by atoms with E-state index in [1.165, 1.54) is 29.0 Å². The lowest BCUT2D eigenvalue weighted by Crippen LogP contribution is -2.10. The fraction of sp³-hybridized carbons (Fsp3) is 0.0500. The number of nitrogens with one attached hydrogen (secondary N) is 1. The van der Waals surface area contributed by atoms with Gasteiger partial charge < -0.3 is 4.42 Å². The van der Waals surface area contributed by atoms with Gasteiger partial charge in [-0.05, 0) is 29.8 Å². The predicted molar refractivity (Wildman–Crippen MR) is 108 cm³/mol. The summed E-state index contributed by atoms with van der Waals surface area (Å²) in [6.07, 6.45) is 0. The topological polar surface area (TPSA) is 68.0 Å². The Balaban J connectivity index is 1.39. The molecule has 0 fully saturated rings. The fourth-order valence-electron chi connectivity index (χ4n) is 2.46. The van der Waals surface area contributed by atoms with Gasteiger partial charge in [-0.3, -0.25) is 10.1 Å². The fourth-order valence-corrected chi connectivity index (χ4v) is 4.17. The quantitative estimate of drug-likeness (QED) is 0.336. The Morgan fingerprint density at radius 2 is 1.82 bits per heavy atom. The maximum Gasteiger partial charge on any atom is 0.293 e. The second kappa shape index (κ2) is 8.37. The van der Waals surface area contributed by atoms with E-state index in [4.69, 9.17) is 4.42 Å². The molecular formula is C20H14FN3O2S2. The highest BCUT2D eigenvalue weighted by Crippen LogP contribution is 2.29. The van der Waals surface area contributed by atoms with Crippen LogP contribution >= 0.6 is 23.1 Å². The molecule has 4 aromatic rings. The summed E-state index contributed by atoms with van der Waals surface area (Å²) in [4.78, 5) is 12.4. The summed E-state index contributed by atoms with van der Waals surface area (Å²) in [7, 11) is 0. The first-order chi connectivity index (χ1) is 13.7. The van der Waals surface area contributed by atoms with Crippen LogP contribution in [0.15, 0.2) is 75.5 Å². The van der Waals surface area contributed by atoms with E-state index >= 15 is 0 Å². The number of furan rings is 1. The van der Waals surface area contributed by atoms with Crippen molar-refractivity contribution in [2.75, 3.05) is 5.32 Å². The number of amides is 1. The van der Waals surface area contributed by atoms with Crippen molar-refractivity contribution < 1.29 is 13.6 Å². The van der Waals surface area contributed by atoms with Crippen LogP contribution in [0.25, 0.3) is 11.3 Å². The summed E-state index contributed by atoms with van der Waals surface area (Å²) in [5, 5.41) is 11.1. The number of anilines is 1. The highest BCUT2D eigenvalue weighted by molar-refractivity contribution is 8.00. The minimum Gasteiger partial charge on any atom is -0.451 e. The highest BCUT2D eigenvalue weighted by Gasteiger charge is 2.16. The van der Waals surface area contributed by atoms with Gasteiger partial charge in [-0.1, -0.05) is 65.6 Å². The number of thioether (sulfide) groups is 1. The zero-order valence-electron chi connectivity index (χ0n) is 14.5. The van der Waals surface area contributed by atoms with E-state index in [9.17, 15) is 9.18 Å². The Morgan fingerprint density at radius 1 is 1.04 bits per heavy atom. The molecule has 1 N–H and O–H groups in total. The molecule has 0 radical (unpaired) electrons. The number of halogens is 1. The molecule has 0 saturated carbocycles. The van der Waals surface area contributed by atoms with Crippen molar-refractivity contribution in [3.05, 3.63) is 83.9 Å². The van der Waals surface area contributed by atoms with Gasteiger partial charge in [0.15, 0.2) is 10.1 Å². The molecule has 140 valence electrons. The van der Waals surface area contributed by atoms with Crippen LogP contribution in [0.2, 0.25) is 0 Å². The minimum atomic E-state index is -0.460. The average molecular weight is 411 g/mol. The van der Waals surface area contributed by atoms with Crippen molar-refractivity contribution in [2.24, 2.45) is 0 Å². The Bertz CT molecular complexity index is 1100. The van der Waals surface area contributed by atoms with Crippen molar-refractivity contribution in [1.82, 2.24) is 10.2 Å². The predicted octanol–water partition coefficient (Wildman–Crippen LogP) is 5.48. The summed E-state index contributed by atoms with van der Waals surface area (Å²) in [5.74, 6) is 0.270.